The molecule has 1 N–H and O–H groups in total. The number of oxazole rings is 1. The summed E-state index contributed by atoms with van der Waals surface area (Å²) in [4.78, 5) is 31.7. The highest BCUT2D eigenvalue weighted by atomic mass is 79.9. The second kappa shape index (κ2) is 7.75. The van der Waals surface area contributed by atoms with Gasteiger partial charge < -0.3 is 18.9 Å². The van der Waals surface area contributed by atoms with Crippen LogP contribution in [-0.2, 0) is 4.74 Å². The molecular weight excluding hydrogens is 394 g/mol. The molecule has 25 heavy (non-hydrogen) atoms. The number of nitrogens with one attached hydrogen (secondary N) is 1. The Kier molecular flexibility index (Phi) is 5.24. The van der Waals surface area contributed by atoms with Crippen molar-refractivity contribution in [3.63, 3.8) is 0 Å². The first-order chi connectivity index (χ1) is 12.1. The molecular formula is C16H12BrN3O5. The Balaban J connectivity index is 1.51. The van der Waals surface area contributed by atoms with E-state index in [4.69, 9.17) is 13.6 Å². The maximum atomic E-state index is 12.1. The van der Waals surface area contributed by atoms with Gasteiger partial charge in [-0.1, -0.05) is 0 Å². The van der Waals surface area contributed by atoms with Crippen LogP contribution in [0.4, 0.5) is 0 Å². The Morgan fingerprint density at radius 1 is 1.28 bits per heavy atom. The zero-order valence-electron chi connectivity index (χ0n) is 12.8. The lowest BCUT2D eigenvalue weighted by Crippen LogP contribution is -2.28. The normalized spacial score (nSPS) is 10.4. The van der Waals surface area contributed by atoms with Crippen LogP contribution < -0.4 is 5.32 Å². The molecule has 8 nitrogen and oxygen atoms in total. The Hall–Kier alpha value is -2.94. The largest absolute Gasteiger partial charge is 0.461 e. The summed E-state index contributed by atoms with van der Waals surface area (Å²) in [6, 6.07) is 4.95. The Bertz CT molecular complexity index is 876. The molecule has 3 aromatic rings. The van der Waals surface area contributed by atoms with Gasteiger partial charge in [-0.15, -0.1) is 0 Å². The molecule has 0 fully saturated rings. The van der Waals surface area contributed by atoms with Gasteiger partial charge in [-0.05, 0) is 34.1 Å². The number of hydrogen-bond donors (Lipinski definition) is 1. The summed E-state index contributed by atoms with van der Waals surface area (Å²) in [6.45, 7) is 0.126. The van der Waals surface area contributed by atoms with Crippen molar-refractivity contribution in [3.8, 4) is 11.5 Å². The van der Waals surface area contributed by atoms with E-state index in [0.29, 0.717) is 15.8 Å². The van der Waals surface area contributed by atoms with Crippen molar-refractivity contribution in [2.45, 2.75) is 0 Å². The van der Waals surface area contributed by atoms with E-state index in [1.807, 2.05) is 0 Å². The molecule has 9 heteroatoms. The lowest BCUT2D eigenvalue weighted by atomic mass is 10.3. The van der Waals surface area contributed by atoms with Crippen molar-refractivity contribution >= 4 is 27.8 Å². The molecule has 0 aromatic carbocycles. The van der Waals surface area contributed by atoms with Gasteiger partial charge in [0.15, 0.2) is 17.8 Å². The quantitative estimate of drug-likeness (QED) is 0.495. The zero-order valence-corrected chi connectivity index (χ0v) is 14.4. The van der Waals surface area contributed by atoms with E-state index in [0.717, 1.165) is 6.39 Å². The summed E-state index contributed by atoms with van der Waals surface area (Å²) in [5, 5.41) is 2.63. The summed E-state index contributed by atoms with van der Waals surface area (Å²) in [6.07, 6.45) is 5.61. The summed E-state index contributed by atoms with van der Waals surface area (Å²) in [5.74, 6) is -0.416. The van der Waals surface area contributed by atoms with Gasteiger partial charge in [0.05, 0.1) is 18.4 Å². The number of rotatable bonds is 6. The average molecular weight is 406 g/mol. The third-order valence-electron chi connectivity index (χ3n) is 3.09. The van der Waals surface area contributed by atoms with Gasteiger partial charge in [0.25, 0.3) is 5.91 Å². The minimum atomic E-state index is -0.668. The number of nitrogens with zero attached hydrogens (tertiary/aromatic N) is 2. The van der Waals surface area contributed by atoms with Crippen molar-refractivity contribution in [2.24, 2.45) is 0 Å². The second-order valence-corrected chi connectivity index (χ2v) is 5.71. The van der Waals surface area contributed by atoms with Gasteiger partial charge in [0.2, 0.25) is 5.76 Å². The van der Waals surface area contributed by atoms with E-state index in [2.05, 4.69) is 31.2 Å². The predicted octanol–water partition coefficient (Wildman–Crippen LogP) is 2.68. The summed E-state index contributed by atoms with van der Waals surface area (Å²) < 4.78 is 16.1. The maximum absolute atomic E-state index is 12.1. The Morgan fingerprint density at radius 2 is 2.16 bits per heavy atom. The molecule has 0 aliphatic heterocycles. The van der Waals surface area contributed by atoms with Crippen LogP contribution >= 0.6 is 15.9 Å². The number of amides is 1. The molecule has 3 heterocycles. The molecule has 0 atom stereocenters. The van der Waals surface area contributed by atoms with Gasteiger partial charge >= 0.3 is 5.97 Å². The highest BCUT2D eigenvalue weighted by molar-refractivity contribution is 9.10. The minimum Gasteiger partial charge on any atom is -0.461 e. The van der Waals surface area contributed by atoms with Crippen LogP contribution in [0.25, 0.3) is 11.5 Å². The number of hydrogen-bond acceptors (Lipinski definition) is 7. The molecule has 0 aliphatic rings. The number of ether oxygens (including phenoxy) is 1. The first-order valence-corrected chi connectivity index (χ1v) is 7.97. The van der Waals surface area contributed by atoms with Crippen LogP contribution in [-0.4, -0.2) is 35.0 Å². The average Bonchev–Trinajstić information content (AvgIpc) is 3.28. The third kappa shape index (κ3) is 4.13. The molecule has 0 spiro atoms. The molecule has 3 rings (SSSR count). The highest BCUT2D eigenvalue weighted by Crippen LogP contribution is 2.23. The molecule has 0 unspecified atom stereocenters. The van der Waals surface area contributed by atoms with E-state index in [9.17, 15) is 9.59 Å². The fourth-order valence-electron chi connectivity index (χ4n) is 1.99. The number of esters is 1. The van der Waals surface area contributed by atoms with Crippen LogP contribution in [0.1, 0.15) is 20.8 Å². The maximum Gasteiger partial charge on any atom is 0.361 e. The third-order valence-corrected chi connectivity index (χ3v) is 3.53. The van der Waals surface area contributed by atoms with Crippen molar-refractivity contribution in [2.75, 3.05) is 13.2 Å². The molecule has 128 valence electrons. The monoisotopic (exact) mass is 405 g/mol. The van der Waals surface area contributed by atoms with Crippen molar-refractivity contribution in [1.29, 1.82) is 0 Å². The van der Waals surface area contributed by atoms with Crippen LogP contribution in [0.2, 0.25) is 0 Å². The predicted molar refractivity (Wildman–Crippen MR) is 88.8 cm³/mol. The SMILES string of the molecule is O=C(NCCOC(=O)c1ncoc1-c1ccco1)c1cncc(Br)c1. The Morgan fingerprint density at radius 3 is 2.92 bits per heavy atom. The van der Waals surface area contributed by atoms with E-state index in [-0.39, 0.29) is 30.5 Å². The molecule has 0 saturated carbocycles. The van der Waals surface area contributed by atoms with E-state index >= 15 is 0 Å². The number of carbonyl (C=O) groups is 2. The fraction of sp³-hybridized carbons (Fsp3) is 0.125. The van der Waals surface area contributed by atoms with Gasteiger partial charge in [-0.2, -0.15) is 0 Å². The molecule has 0 radical (unpaired) electrons. The van der Waals surface area contributed by atoms with Crippen molar-refractivity contribution < 1.29 is 23.2 Å². The lowest BCUT2D eigenvalue weighted by molar-refractivity contribution is 0.0497. The number of halogens is 1. The van der Waals surface area contributed by atoms with E-state index < -0.39 is 5.97 Å². The zero-order chi connectivity index (χ0) is 17.6. The number of pyridine rings is 1. The highest BCUT2D eigenvalue weighted by Gasteiger charge is 2.21. The molecule has 0 aliphatic carbocycles. The van der Waals surface area contributed by atoms with Crippen LogP contribution in [0.3, 0.4) is 0 Å². The molecule has 3 aromatic heterocycles. The minimum absolute atomic E-state index is 0.0115. The van der Waals surface area contributed by atoms with E-state index in [1.54, 1.807) is 24.4 Å². The van der Waals surface area contributed by atoms with Crippen LogP contribution in [0, 0.1) is 0 Å². The number of aromatic nitrogens is 2. The van der Waals surface area contributed by atoms with Crippen LogP contribution in [0.5, 0.6) is 0 Å². The summed E-state index contributed by atoms with van der Waals surface area (Å²) >= 11 is 3.24. The first kappa shape index (κ1) is 16.9. The van der Waals surface area contributed by atoms with E-state index in [1.165, 1.54) is 12.5 Å². The van der Waals surface area contributed by atoms with Gasteiger partial charge in [0.1, 0.15) is 6.61 Å². The van der Waals surface area contributed by atoms with Crippen molar-refractivity contribution in [3.05, 3.63) is 59.0 Å². The second-order valence-electron chi connectivity index (χ2n) is 4.79. The lowest BCUT2D eigenvalue weighted by Gasteiger charge is -2.06. The van der Waals surface area contributed by atoms with Gasteiger partial charge in [-0.3, -0.25) is 9.78 Å². The topological polar surface area (TPSA) is 107 Å². The number of carbonyl (C=O) groups excluding carboxylic acids is 2. The summed E-state index contributed by atoms with van der Waals surface area (Å²) in [7, 11) is 0. The fourth-order valence-corrected chi connectivity index (χ4v) is 2.35. The molecule has 0 saturated heterocycles. The molecule has 1 amide bonds. The molecule has 0 bridgehead atoms. The Labute approximate surface area is 150 Å². The van der Waals surface area contributed by atoms with Gasteiger partial charge in [0, 0.05) is 16.9 Å². The number of furan rings is 1. The first-order valence-electron chi connectivity index (χ1n) is 7.18. The van der Waals surface area contributed by atoms with Crippen molar-refractivity contribution in [1.82, 2.24) is 15.3 Å². The van der Waals surface area contributed by atoms with Gasteiger partial charge in [-0.25, -0.2) is 9.78 Å². The van der Waals surface area contributed by atoms with Crippen LogP contribution in [0.15, 0.2) is 56.6 Å². The smallest absolute Gasteiger partial charge is 0.361 e. The standard InChI is InChI=1S/C16H12BrN3O5/c17-11-6-10(7-18-8-11)15(21)19-3-5-24-16(22)13-14(25-9-20-13)12-2-1-4-23-12/h1-2,4,6-9H,3,5H2,(H,19,21). The summed E-state index contributed by atoms with van der Waals surface area (Å²) in [5.41, 5.74) is 0.412.